The van der Waals surface area contributed by atoms with Crippen molar-refractivity contribution in [1.29, 1.82) is 0 Å². The number of halogens is 4. The Bertz CT molecular complexity index is 581. The van der Waals surface area contributed by atoms with Crippen molar-refractivity contribution in [3.8, 4) is 0 Å². The second kappa shape index (κ2) is 5.04. The first-order valence-corrected chi connectivity index (χ1v) is 5.58. The van der Waals surface area contributed by atoms with Crippen molar-refractivity contribution in [3.63, 3.8) is 0 Å². The van der Waals surface area contributed by atoms with Crippen LogP contribution in [-0.4, -0.2) is 19.9 Å². The van der Waals surface area contributed by atoms with Crippen LogP contribution < -0.4 is 5.32 Å². The summed E-state index contributed by atoms with van der Waals surface area (Å²) in [5.41, 5.74) is -0.237. The Labute approximate surface area is 111 Å². The van der Waals surface area contributed by atoms with Gasteiger partial charge in [-0.1, -0.05) is 0 Å². The smallest absolute Gasteiger partial charge is 0.363 e. The molecule has 2 aromatic rings. The van der Waals surface area contributed by atoms with Crippen molar-refractivity contribution >= 4 is 17.4 Å². The van der Waals surface area contributed by atoms with E-state index in [-0.39, 0.29) is 12.4 Å². The predicted octanol–water partition coefficient (Wildman–Crippen LogP) is 2.79. The summed E-state index contributed by atoms with van der Waals surface area (Å²) in [6.07, 6.45) is -2.95. The maximum atomic E-state index is 12.5. The molecule has 2 rings (SSSR count). The second-order valence-corrected chi connectivity index (χ2v) is 4.11. The van der Waals surface area contributed by atoms with Gasteiger partial charge in [-0.05, 0) is 18.5 Å². The molecule has 0 fully saturated rings. The van der Waals surface area contributed by atoms with Gasteiger partial charge in [0.1, 0.15) is 11.6 Å². The molecular weight excluding hydrogens is 283 g/mol. The minimum atomic E-state index is -4.57. The lowest BCUT2D eigenvalue weighted by molar-refractivity contribution is -0.141. The van der Waals surface area contributed by atoms with Crippen LogP contribution in [0.5, 0.6) is 0 Å². The minimum absolute atomic E-state index is 0.0126. The lowest BCUT2D eigenvalue weighted by Crippen LogP contribution is -2.11. The molecule has 2 heterocycles. The van der Waals surface area contributed by atoms with Gasteiger partial charge in [-0.2, -0.15) is 13.2 Å². The van der Waals surface area contributed by atoms with E-state index in [0.717, 1.165) is 11.8 Å². The first kappa shape index (κ1) is 13.6. The average molecular weight is 292 g/mol. The third-order valence-electron chi connectivity index (χ3n) is 2.18. The van der Waals surface area contributed by atoms with E-state index in [1.54, 1.807) is 6.20 Å². The Morgan fingerprint density at radius 1 is 1.37 bits per heavy atom. The van der Waals surface area contributed by atoms with E-state index in [4.69, 9.17) is 11.6 Å². The van der Waals surface area contributed by atoms with E-state index in [2.05, 4.69) is 25.3 Å². The molecule has 2 aromatic heterocycles. The van der Waals surface area contributed by atoms with Crippen LogP contribution in [0.25, 0.3) is 0 Å². The number of aryl methyl sites for hydroxylation is 1. The zero-order valence-corrected chi connectivity index (χ0v) is 10.5. The maximum absolute atomic E-state index is 12.5. The molecule has 0 spiro atoms. The Balaban J connectivity index is 2.14. The maximum Gasteiger partial charge on any atom is 0.433 e. The van der Waals surface area contributed by atoms with Crippen LogP contribution in [-0.2, 0) is 12.7 Å². The molecule has 0 bridgehead atoms. The van der Waals surface area contributed by atoms with E-state index in [9.17, 15) is 13.2 Å². The molecule has 0 atom stereocenters. The highest BCUT2D eigenvalue weighted by Gasteiger charge is 2.33. The standard InChI is InChI=1S/C10H9ClF3N5/c1-5-3-15-8(17-5)4-16-7-2-6(10(12,13)14)18-9(11)19-7/h2-3H,4H2,1H3,(H,15,17)(H,16,18,19). The van der Waals surface area contributed by atoms with Gasteiger partial charge in [-0.25, -0.2) is 15.0 Å². The molecule has 5 nitrogen and oxygen atoms in total. The van der Waals surface area contributed by atoms with Gasteiger partial charge >= 0.3 is 6.18 Å². The third kappa shape index (κ3) is 3.57. The topological polar surface area (TPSA) is 66.5 Å². The van der Waals surface area contributed by atoms with Gasteiger partial charge in [0, 0.05) is 18.0 Å². The van der Waals surface area contributed by atoms with Crippen molar-refractivity contribution in [3.05, 3.63) is 34.8 Å². The van der Waals surface area contributed by atoms with Gasteiger partial charge < -0.3 is 10.3 Å². The molecule has 0 aliphatic rings. The highest BCUT2D eigenvalue weighted by atomic mass is 35.5. The molecular formula is C10H9ClF3N5. The van der Waals surface area contributed by atoms with Gasteiger partial charge in [0.15, 0.2) is 5.69 Å². The summed E-state index contributed by atoms with van der Waals surface area (Å²) in [5, 5.41) is 2.23. The molecule has 102 valence electrons. The van der Waals surface area contributed by atoms with Gasteiger partial charge in [-0.15, -0.1) is 0 Å². The van der Waals surface area contributed by atoms with E-state index < -0.39 is 17.2 Å². The Morgan fingerprint density at radius 3 is 2.68 bits per heavy atom. The van der Waals surface area contributed by atoms with Crippen LogP contribution in [0, 0.1) is 6.92 Å². The number of alkyl halides is 3. The number of hydrogen-bond acceptors (Lipinski definition) is 4. The number of aromatic nitrogens is 4. The minimum Gasteiger partial charge on any atom is -0.363 e. The van der Waals surface area contributed by atoms with Crippen molar-refractivity contribution in [1.82, 2.24) is 19.9 Å². The molecule has 0 saturated heterocycles. The van der Waals surface area contributed by atoms with Gasteiger partial charge in [0.05, 0.1) is 6.54 Å². The number of H-pyrrole nitrogens is 1. The Kier molecular flexibility index (Phi) is 3.61. The van der Waals surface area contributed by atoms with Gasteiger partial charge in [0.25, 0.3) is 0 Å². The number of rotatable bonds is 3. The van der Waals surface area contributed by atoms with Gasteiger partial charge in [0.2, 0.25) is 5.28 Å². The normalized spacial score (nSPS) is 11.6. The summed E-state index contributed by atoms with van der Waals surface area (Å²) in [7, 11) is 0. The molecule has 0 unspecified atom stereocenters. The summed E-state index contributed by atoms with van der Waals surface area (Å²) in [4.78, 5) is 13.7. The summed E-state index contributed by atoms with van der Waals surface area (Å²) >= 11 is 5.46. The quantitative estimate of drug-likeness (QED) is 0.853. The number of anilines is 1. The van der Waals surface area contributed by atoms with Crippen LogP contribution in [0.15, 0.2) is 12.3 Å². The van der Waals surface area contributed by atoms with Crippen LogP contribution >= 0.6 is 11.6 Å². The second-order valence-electron chi connectivity index (χ2n) is 3.77. The van der Waals surface area contributed by atoms with E-state index in [0.29, 0.717) is 5.82 Å². The molecule has 9 heteroatoms. The number of imidazole rings is 1. The first-order valence-electron chi connectivity index (χ1n) is 5.21. The molecule has 0 aromatic carbocycles. The van der Waals surface area contributed by atoms with Crippen molar-refractivity contribution in [2.45, 2.75) is 19.6 Å². The Hall–Kier alpha value is -1.83. The summed E-state index contributed by atoms with van der Waals surface area (Å²) in [5.74, 6) is 0.571. The molecule has 0 radical (unpaired) electrons. The highest BCUT2D eigenvalue weighted by molar-refractivity contribution is 6.28. The number of aromatic amines is 1. The molecule has 0 saturated carbocycles. The SMILES string of the molecule is Cc1cnc(CNc2cc(C(F)(F)F)nc(Cl)n2)[nH]1. The fourth-order valence-corrected chi connectivity index (χ4v) is 1.57. The zero-order chi connectivity index (χ0) is 14.0. The lowest BCUT2D eigenvalue weighted by atomic mass is 10.4. The fraction of sp³-hybridized carbons (Fsp3) is 0.300. The van der Waals surface area contributed by atoms with Crippen molar-refractivity contribution in [2.24, 2.45) is 0 Å². The Morgan fingerprint density at radius 2 is 2.11 bits per heavy atom. The van der Waals surface area contributed by atoms with E-state index in [1.165, 1.54) is 0 Å². The number of nitrogens with one attached hydrogen (secondary N) is 2. The van der Waals surface area contributed by atoms with E-state index >= 15 is 0 Å². The molecule has 19 heavy (non-hydrogen) atoms. The number of hydrogen-bond donors (Lipinski definition) is 2. The van der Waals surface area contributed by atoms with Gasteiger partial charge in [-0.3, -0.25) is 0 Å². The summed E-state index contributed by atoms with van der Waals surface area (Å²) in [6.45, 7) is 2.03. The molecule has 0 aliphatic heterocycles. The predicted molar refractivity (Wildman–Crippen MR) is 62.7 cm³/mol. The molecule has 0 amide bonds. The first-order chi connectivity index (χ1) is 8.84. The zero-order valence-electron chi connectivity index (χ0n) is 9.72. The third-order valence-corrected chi connectivity index (χ3v) is 2.35. The van der Waals surface area contributed by atoms with Crippen LogP contribution in [0.3, 0.4) is 0 Å². The average Bonchev–Trinajstić information content (AvgIpc) is 2.71. The fourth-order valence-electron chi connectivity index (χ4n) is 1.38. The molecule has 2 N–H and O–H groups in total. The van der Waals surface area contributed by atoms with Crippen LogP contribution in [0.2, 0.25) is 5.28 Å². The van der Waals surface area contributed by atoms with Crippen LogP contribution in [0.4, 0.5) is 19.0 Å². The monoisotopic (exact) mass is 291 g/mol. The lowest BCUT2D eigenvalue weighted by Gasteiger charge is -2.09. The highest BCUT2D eigenvalue weighted by Crippen LogP contribution is 2.29. The van der Waals surface area contributed by atoms with Crippen molar-refractivity contribution < 1.29 is 13.2 Å². The summed E-state index contributed by atoms with van der Waals surface area (Å²) < 4.78 is 37.6. The van der Waals surface area contributed by atoms with E-state index in [1.807, 2.05) is 6.92 Å². The summed E-state index contributed by atoms with van der Waals surface area (Å²) in [6, 6.07) is 0.793. The molecule has 0 aliphatic carbocycles. The largest absolute Gasteiger partial charge is 0.433 e. The van der Waals surface area contributed by atoms with Crippen molar-refractivity contribution in [2.75, 3.05) is 5.32 Å². The number of nitrogens with zero attached hydrogens (tertiary/aromatic N) is 3. The van der Waals surface area contributed by atoms with Crippen LogP contribution in [0.1, 0.15) is 17.2 Å².